The molecule has 0 aromatic rings. The van der Waals surface area contributed by atoms with Gasteiger partial charge in [0.25, 0.3) is 0 Å². The van der Waals surface area contributed by atoms with Crippen LogP contribution in [-0.4, -0.2) is 16.2 Å². The number of carboxylic acids is 1. The Labute approximate surface area is 72.7 Å². The lowest BCUT2D eigenvalue weighted by atomic mass is 9.90. The lowest BCUT2D eigenvalue weighted by molar-refractivity contribution is -0.137. The van der Waals surface area contributed by atoms with Gasteiger partial charge < -0.3 is 10.2 Å². The van der Waals surface area contributed by atoms with Crippen molar-refractivity contribution < 1.29 is 15.0 Å². The number of carbonyl (C=O) groups is 1. The van der Waals surface area contributed by atoms with Crippen LogP contribution in [0, 0.1) is 11.8 Å². The Balaban J connectivity index is 3.97. The molecule has 70 valence electrons. The average molecular weight is 172 g/mol. The second-order valence-corrected chi connectivity index (χ2v) is 3.27. The molecule has 3 nitrogen and oxygen atoms in total. The van der Waals surface area contributed by atoms with E-state index in [4.69, 9.17) is 10.2 Å². The summed E-state index contributed by atoms with van der Waals surface area (Å²) in [5.41, 5.74) is 0. The topological polar surface area (TPSA) is 57.5 Å². The predicted octanol–water partition coefficient (Wildman–Crippen LogP) is 2.20. The van der Waals surface area contributed by atoms with Gasteiger partial charge in [-0.1, -0.05) is 20.4 Å². The molecule has 1 atom stereocenters. The highest BCUT2D eigenvalue weighted by molar-refractivity contribution is 5.66. The lowest BCUT2D eigenvalue weighted by Gasteiger charge is -2.18. The van der Waals surface area contributed by atoms with Gasteiger partial charge in [0.2, 0.25) is 0 Å². The molecule has 0 aliphatic rings. The van der Waals surface area contributed by atoms with Gasteiger partial charge in [-0.15, -0.1) is 0 Å². The molecule has 0 fully saturated rings. The van der Waals surface area contributed by atoms with Crippen LogP contribution in [0.2, 0.25) is 0 Å². The molecule has 12 heavy (non-hydrogen) atoms. The first-order chi connectivity index (χ1) is 5.45. The minimum Gasteiger partial charge on any atom is -0.513 e. The fourth-order valence-corrected chi connectivity index (χ4v) is 1.16. The van der Waals surface area contributed by atoms with E-state index in [9.17, 15) is 4.79 Å². The first-order valence-electron chi connectivity index (χ1n) is 4.04. The summed E-state index contributed by atoms with van der Waals surface area (Å²) >= 11 is 0. The summed E-state index contributed by atoms with van der Waals surface area (Å²) in [7, 11) is 0. The van der Waals surface area contributed by atoms with Crippen LogP contribution in [0.4, 0.5) is 0 Å². The lowest BCUT2D eigenvalue weighted by Crippen LogP contribution is -2.12. The second-order valence-electron chi connectivity index (χ2n) is 3.27. The van der Waals surface area contributed by atoms with Crippen LogP contribution >= 0.6 is 0 Å². The minimum atomic E-state index is -0.832. The van der Waals surface area contributed by atoms with Crippen LogP contribution in [0.1, 0.15) is 26.7 Å². The van der Waals surface area contributed by atoms with E-state index in [1.54, 1.807) is 0 Å². The largest absolute Gasteiger partial charge is 0.513 e. The van der Waals surface area contributed by atoms with Gasteiger partial charge in [0.1, 0.15) is 0 Å². The van der Waals surface area contributed by atoms with Gasteiger partial charge in [0.05, 0.1) is 5.76 Å². The molecule has 0 spiro atoms. The molecule has 0 amide bonds. The van der Waals surface area contributed by atoms with E-state index >= 15 is 0 Å². The van der Waals surface area contributed by atoms with Crippen LogP contribution in [0.5, 0.6) is 0 Å². The number of hydrogen-bond donors (Lipinski definition) is 2. The van der Waals surface area contributed by atoms with Gasteiger partial charge in [0.15, 0.2) is 0 Å². The maximum Gasteiger partial charge on any atom is 0.303 e. The molecule has 0 rings (SSSR count). The van der Waals surface area contributed by atoms with Crippen LogP contribution < -0.4 is 0 Å². The van der Waals surface area contributed by atoms with Crippen molar-refractivity contribution in [1.29, 1.82) is 0 Å². The highest BCUT2D eigenvalue weighted by atomic mass is 16.4. The average Bonchev–Trinajstić information content (AvgIpc) is 1.84. The molecular weight excluding hydrogens is 156 g/mol. The molecule has 3 heteroatoms. The number of hydrogen-bond acceptors (Lipinski definition) is 2. The third-order valence-corrected chi connectivity index (χ3v) is 1.90. The highest BCUT2D eigenvalue weighted by Crippen LogP contribution is 2.22. The molecule has 0 saturated carbocycles. The Morgan fingerprint density at radius 2 is 1.92 bits per heavy atom. The quantitative estimate of drug-likeness (QED) is 0.625. The number of aliphatic hydroxyl groups excluding tert-OH is 1. The zero-order valence-corrected chi connectivity index (χ0v) is 7.58. The summed E-state index contributed by atoms with van der Waals surface area (Å²) in [6, 6.07) is 0. The van der Waals surface area contributed by atoms with Crippen molar-refractivity contribution >= 4 is 5.97 Å². The van der Waals surface area contributed by atoms with Crippen LogP contribution in [0.3, 0.4) is 0 Å². The van der Waals surface area contributed by atoms with Gasteiger partial charge in [-0.3, -0.25) is 4.79 Å². The second kappa shape index (κ2) is 4.80. The number of aliphatic carboxylic acids is 1. The van der Waals surface area contributed by atoms with Gasteiger partial charge >= 0.3 is 5.97 Å². The minimum absolute atomic E-state index is 0.0857. The zero-order chi connectivity index (χ0) is 9.72. The number of allylic oxidation sites excluding steroid dienone is 1. The highest BCUT2D eigenvalue weighted by Gasteiger charge is 2.17. The third-order valence-electron chi connectivity index (χ3n) is 1.90. The van der Waals surface area contributed by atoms with Crippen molar-refractivity contribution in [3.63, 3.8) is 0 Å². The Morgan fingerprint density at radius 1 is 1.42 bits per heavy atom. The smallest absolute Gasteiger partial charge is 0.303 e. The molecule has 0 aliphatic heterocycles. The Morgan fingerprint density at radius 3 is 2.17 bits per heavy atom. The van der Waals surface area contributed by atoms with E-state index in [0.717, 1.165) is 0 Å². The maximum absolute atomic E-state index is 10.2. The van der Waals surface area contributed by atoms with E-state index in [2.05, 4.69) is 6.58 Å². The fraction of sp³-hybridized carbons (Fsp3) is 0.667. The van der Waals surface area contributed by atoms with Crippen LogP contribution in [-0.2, 0) is 4.79 Å². The van der Waals surface area contributed by atoms with Crippen molar-refractivity contribution in [3.05, 3.63) is 12.3 Å². The van der Waals surface area contributed by atoms with E-state index in [1.165, 1.54) is 0 Å². The molecule has 0 saturated heterocycles. The zero-order valence-electron chi connectivity index (χ0n) is 7.58. The Hall–Kier alpha value is -0.990. The van der Waals surface area contributed by atoms with Crippen molar-refractivity contribution in [2.24, 2.45) is 11.8 Å². The van der Waals surface area contributed by atoms with Crippen LogP contribution in [0.15, 0.2) is 12.3 Å². The summed E-state index contributed by atoms with van der Waals surface area (Å²) in [5, 5.41) is 17.5. The number of carboxylic acid groups (broad SMARTS) is 1. The van der Waals surface area contributed by atoms with E-state index < -0.39 is 5.97 Å². The molecule has 0 aromatic carbocycles. The van der Waals surface area contributed by atoms with Gasteiger partial charge in [-0.05, 0) is 12.3 Å². The SMILES string of the molecule is C=C(O)C(CCC(=O)O)C(C)C. The molecule has 0 radical (unpaired) electrons. The fourth-order valence-electron chi connectivity index (χ4n) is 1.16. The van der Waals surface area contributed by atoms with Crippen molar-refractivity contribution in [2.75, 3.05) is 0 Å². The predicted molar refractivity (Wildman–Crippen MR) is 47.0 cm³/mol. The van der Waals surface area contributed by atoms with Crippen molar-refractivity contribution in [2.45, 2.75) is 26.7 Å². The van der Waals surface area contributed by atoms with Crippen molar-refractivity contribution in [1.82, 2.24) is 0 Å². The molecule has 1 unspecified atom stereocenters. The van der Waals surface area contributed by atoms with Gasteiger partial charge in [-0.2, -0.15) is 0 Å². The third kappa shape index (κ3) is 4.01. The molecule has 0 heterocycles. The van der Waals surface area contributed by atoms with E-state index in [0.29, 0.717) is 6.42 Å². The molecule has 0 aromatic heterocycles. The summed E-state index contributed by atoms with van der Waals surface area (Å²) in [6.45, 7) is 7.29. The van der Waals surface area contributed by atoms with Crippen molar-refractivity contribution in [3.8, 4) is 0 Å². The summed E-state index contributed by atoms with van der Waals surface area (Å²) < 4.78 is 0. The summed E-state index contributed by atoms with van der Waals surface area (Å²) in [4.78, 5) is 10.2. The molecule has 0 aliphatic carbocycles. The first kappa shape index (κ1) is 11.0. The Bertz CT molecular complexity index is 173. The molecule has 0 bridgehead atoms. The molecular formula is C9H16O3. The Kier molecular flexibility index (Phi) is 4.40. The summed E-state index contributed by atoms with van der Waals surface area (Å²) in [5.74, 6) is -0.601. The normalized spacial score (nSPS) is 12.9. The summed E-state index contributed by atoms with van der Waals surface area (Å²) in [6.07, 6.45) is 0.546. The van der Waals surface area contributed by atoms with E-state index in [1.807, 2.05) is 13.8 Å². The van der Waals surface area contributed by atoms with Crippen LogP contribution in [0.25, 0.3) is 0 Å². The van der Waals surface area contributed by atoms with Gasteiger partial charge in [0, 0.05) is 12.3 Å². The maximum atomic E-state index is 10.2. The monoisotopic (exact) mass is 172 g/mol. The number of aliphatic hydroxyl groups is 1. The standard InChI is InChI=1S/C9H16O3/c1-6(2)8(7(3)10)4-5-9(11)12/h6,8,10H,3-5H2,1-2H3,(H,11,12). The van der Waals surface area contributed by atoms with Gasteiger partial charge in [-0.25, -0.2) is 0 Å². The van der Waals surface area contributed by atoms with E-state index in [-0.39, 0.29) is 24.0 Å². The first-order valence-corrected chi connectivity index (χ1v) is 4.04. The molecule has 2 N–H and O–H groups in total. The number of rotatable bonds is 5.